The first kappa shape index (κ1) is 11.2. The van der Waals surface area contributed by atoms with Crippen LogP contribution in [0.15, 0.2) is 0 Å². The van der Waals surface area contributed by atoms with E-state index in [1.807, 2.05) is 0 Å². The number of hydrogen-bond acceptors (Lipinski definition) is 2. The van der Waals surface area contributed by atoms with Crippen molar-refractivity contribution in [3.63, 3.8) is 0 Å². The highest BCUT2D eigenvalue weighted by molar-refractivity contribution is 6.69. The molecule has 0 spiro atoms. The van der Waals surface area contributed by atoms with Gasteiger partial charge in [0.25, 0.3) is 0 Å². The lowest BCUT2D eigenvalue weighted by Crippen LogP contribution is -2.49. The predicted molar refractivity (Wildman–Crippen MR) is 57.3 cm³/mol. The summed E-state index contributed by atoms with van der Waals surface area (Å²) in [6, 6.07) is 0. The van der Waals surface area contributed by atoms with Crippen molar-refractivity contribution in [2.24, 2.45) is 0 Å². The maximum atomic E-state index is 6.08. The van der Waals surface area contributed by atoms with Crippen LogP contribution in [0, 0.1) is 0 Å². The molecule has 1 aliphatic carbocycles. The van der Waals surface area contributed by atoms with E-state index in [9.17, 15) is 0 Å². The summed E-state index contributed by atoms with van der Waals surface area (Å²) in [5.74, 6) is -0.180. The molecule has 0 radical (unpaired) electrons. The molecule has 0 N–H and O–H groups in total. The van der Waals surface area contributed by atoms with Crippen LogP contribution in [0.1, 0.15) is 32.6 Å². The molecule has 0 amide bonds. The molecule has 13 heavy (non-hydrogen) atoms. The first-order valence-corrected chi connectivity index (χ1v) is 8.72. The smallest absolute Gasteiger partial charge is 0.187 e. The standard InChI is InChI=1S/C10H22O2Si/c1-5-9-11-10(7-6-8-10)12-13(2,3)4/h5-9H2,1-4H3. The molecule has 78 valence electrons. The maximum absolute atomic E-state index is 6.08. The number of ether oxygens (including phenoxy) is 1. The fraction of sp³-hybridized carbons (Fsp3) is 1.00. The van der Waals surface area contributed by atoms with Gasteiger partial charge in [-0.2, -0.15) is 0 Å². The van der Waals surface area contributed by atoms with E-state index in [0.717, 1.165) is 25.9 Å². The van der Waals surface area contributed by atoms with E-state index in [1.54, 1.807) is 0 Å². The molecule has 0 aromatic carbocycles. The van der Waals surface area contributed by atoms with Gasteiger partial charge in [-0.15, -0.1) is 0 Å². The Morgan fingerprint density at radius 3 is 2.15 bits per heavy atom. The lowest BCUT2D eigenvalue weighted by Gasteiger charge is -2.45. The second-order valence-corrected chi connectivity index (χ2v) is 9.26. The quantitative estimate of drug-likeness (QED) is 0.504. The zero-order valence-electron chi connectivity index (χ0n) is 9.35. The molecular weight excluding hydrogens is 180 g/mol. The minimum atomic E-state index is -1.44. The van der Waals surface area contributed by atoms with E-state index in [4.69, 9.17) is 9.16 Å². The summed E-state index contributed by atoms with van der Waals surface area (Å²) in [5.41, 5.74) is 0. The van der Waals surface area contributed by atoms with Crippen molar-refractivity contribution in [3.8, 4) is 0 Å². The van der Waals surface area contributed by atoms with Crippen molar-refractivity contribution in [1.82, 2.24) is 0 Å². The van der Waals surface area contributed by atoms with E-state index in [1.165, 1.54) is 6.42 Å². The van der Waals surface area contributed by atoms with Crippen LogP contribution < -0.4 is 0 Å². The van der Waals surface area contributed by atoms with Crippen molar-refractivity contribution < 1.29 is 9.16 Å². The van der Waals surface area contributed by atoms with Gasteiger partial charge in [0.15, 0.2) is 14.1 Å². The molecule has 0 saturated heterocycles. The van der Waals surface area contributed by atoms with E-state index < -0.39 is 8.32 Å². The normalized spacial score (nSPS) is 21.2. The Morgan fingerprint density at radius 1 is 1.23 bits per heavy atom. The SMILES string of the molecule is CCCOC1(O[Si](C)(C)C)CCC1. The molecule has 0 heterocycles. The first-order chi connectivity index (χ1) is 5.97. The third-order valence-corrected chi connectivity index (χ3v) is 3.16. The van der Waals surface area contributed by atoms with Gasteiger partial charge in [0, 0.05) is 19.4 Å². The van der Waals surface area contributed by atoms with E-state index in [-0.39, 0.29) is 5.79 Å². The van der Waals surface area contributed by atoms with Crippen LogP contribution in [0.3, 0.4) is 0 Å². The second-order valence-electron chi connectivity index (χ2n) is 4.83. The molecule has 0 atom stereocenters. The minimum absolute atomic E-state index is 0.180. The molecule has 1 rings (SSSR count). The molecule has 0 aliphatic heterocycles. The Bertz CT molecular complexity index is 159. The van der Waals surface area contributed by atoms with Crippen LogP contribution in [-0.4, -0.2) is 20.7 Å². The average Bonchev–Trinajstić information content (AvgIpc) is 1.92. The monoisotopic (exact) mass is 202 g/mol. The summed E-state index contributed by atoms with van der Waals surface area (Å²) >= 11 is 0. The fourth-order valence-electron chi connectivity index (χ4n) is 1.59. The van der Waals surface area contributed by atoms with Crippen molar-refractivity contribution in [2.45, 2.75) is 58.0 Å². The molecule has 2 nitrogen and oxygen atoms in total. The van der Waals surface area contributed by atoms with Gasteiger partial charge < -0.3 is 9.16 Å². The largest absolute Gasteiger partial charge is 0.391 e. The Morgan fingerprint density at radius 2 is 1.85 bits per heavy atom. The van der Waals surface area contributed by atoms with Crippen LogP contribution >= 0.6 is 0 Å². The molecule has 0 aromatic rings. The number of hydrogen-bond donors (Lipinski definition) is 0. The third-order valence-electron chi connectivity index (χ3n) is 2.18. The van der Waals surface area contributed by atoms with E-state index in [2.05, 4.69) is 26.6 Å². The van der Waals surface area contributed by atoms with Crippen LogP contribution in [0.2, 0.25) is 19.6 Å². The molecule has 0 bridgehead atoms. The zero-order valence-corrected chi connectivity index (χ0v) is 10.4. The van der Waals surface area contributed by atoms with Crippen LogP contribution in [-0.2, 0) is 9.16 Å². The Kier molecular flexibility index (Phi) is 3.55. The Labute approximate surface area is 82.7 Å². The highest BCUT2D eigenvalue weighted by atomic mass is 28.4. The van der Waals surface area contributed by atoms with Crippen molar-refractivity contribution in [3.05, 3.63) is 0 Å². The van der Waals surface area contributed by atoms with E-state index >= 15 is 0 Å². The summed E-state index contributed by atoms with van der Waals surface area (Å²) in [7, 11) is -1.44. The summed E-state index contributed by atoms with van der Waals surface area (Å²) in [4.78, 5) is 0. The van der Waals surface area contributed by atoms with Gasteiger partial charge in [-0.1, -0.05) is 6.92 Å². The molecule has 0 aromatic heterocycles. The van der Waals surface area contributed by atoms with Crippen molar-refractivity contribution in [1.29, 1.82) is 0 Å². The van der Waals surface area contributed by atoms with Crippen molar-refractivity contribution in [2.75, 3.05) is 6.61 Å². The minimum Gasteiger partial charge on any atom is -0.391 e. The van der Waals surface area contributed by atoms with E-state index in [0.29, 0.717) is 0 Å². The lowest BCUT2D eigenvalue weighted by atomic mass is 9.91. The second kappa shape index (κ2) is 4.11. The van der Waals surface area contributed by atoms with Gasteiger partial charge in [0.2, 0.25) is 0 Å². The fourth-order valence-corrected chi connectivity index (χ4v) is 2.97. The van der Waals surface area contributed by atoms with Gasteiger partial charge in [-0.3, -0.25) is 0 Å². The molecule has 1 fully saturated rings. The molecule has 0 unspecified atom stereocenters. The summed E-state index contributed by atoms with van der Waals surface area (Å²) in [5, 5.41) is 0. The van der Waals surface area contributed by atoms with Gasteiger partial charge in [-0.25, -0.2) is 0 Å². The summed E-state index contributed by atoms with van der Waals surface area (Å²) in [6.45, 7) is 9.65. The van der Waals surface area contributed by atoms with Crippen LogP contribution in [0.5, 0.6) is 0 Å². The van der Waals surface area contributed by atoms with Gasteiger partial charge in [0.05, 0.1) is 0 Å². The third kappa shape index (κ3) is 3.41. The first-order valence-electron chi connectivity index (χ1n) is 5.32. The van der Waals surface area contributed by atoms with Gasteiger partial charge in [0.1, 0.15) is 0 Å². The predicted octanol–water partition coefficient (Wildman–Crippen LogP) is 3.14. The Hall–Kier alpha value is 0.137. The van der Waals surface area contributed by atoms with Crippen LogP contribution in [0.25, 0.3) is 0 Å². The summed E-state index contributed by atoms with van der Waals surface area (Å²) < 4.78 is 11.9. The van der Waals surface area contributed by atoms with Gasteiger partial charge >= 0.3 is 0 Å². The Balaban J connectivity index is 2.40. The van der Waals surface area contributed by atoms with Crippen LogP contribution in [0.4, 0.5) is 0 Å². The topological polar surface area (TPSA) is 18.5 Å². The zero-order chi connectivity index (χ0) is 9.95. The molecule has 3 heteroatoms. The average molecular weight is 202 g/mol. The molecule has 1 saturated carbocycles. The highest BCUT2D eigenvalue weighted by Gasteiger charge is 2.42. The maximum Gasteiger partial charge on any atom is 0.187 e. The van der Waals surface area contributed by atoms with Gasteiger partial charge in [-0.05, 0) is 32.5 Å². The molecular formula is C10H22O2Si. The number of rotatable bonds is 5. The lowest BCUT2D eigenvalue weighted by molar-refractivity contribution is -0.233. The summed E-state index contributed by atoms with van der Waals surface area (Å²) in [6.07, 6.45) is 4.53. The molecule has 1 aliphatic rings. The van der Waals surface area contributed by atoms with Crippen molar-refractivity contribution >= 4 is 8.32 Å². The highest BCUT2D eigenvalue weighted by Crippen LogP contribution is 2.39.